The molecule has 3 heterocycles. The van der Waals surface area contributed by atoms with Crippen molar-refractivity contribution >= 4 is 23.2 Å². The first-order valence-electron chi connectivity index (χ1n) is 11.3. The van der Waals surface area contributed by atoms with Gasteiger partial charge < -0.3 is 19.6 Å². The summed E-state index contributed by atoms with van der Waals surface area (Å²) in [5.41, 5.74) is 3.54. The lowest BCUT2D eigenvalue weighted by atomic mass is 10.1. The zero-order chi connectivity index (χ0) is 21.6. The van der Waals surface area contributed by atoms with E-state index in [-0.39, 0.29) is 0 Å². The van der Waals surface area contributed by atoms with Crippen LogP contribution in [0.3, 0.4) is 0 Å². The van der Waals surface area contributed by atoms with Crippen LogP contribution >= 0.6 is 11.6 Å². The van der Waals surface area contributed by atoms with Gasteiger partial charge in [-0.3, -0.25) is 9.89 Å². The summed E-state index contributed by atoms with van der Waals surface area (Å²) in [7, 11) is 0. The van der Waals surface area contributed by atoms with Crippen LogP contribution in [0.2, 0.25) is 5.02 Å². The Kier molecular flexibility index (Phi) is 7.35. The van der Waals surface area contributed by atoms with Crippen LogP contribution in [0, 0.1) is 12.8 Å². The molecule has 2 aromatic rings. The van der Waals surface area contributed by atoms with E-state index in [1.54, 1.807) is 6.26 Å². The van der Waals surface area contributed by atoms with Gasteiger partial charge in [0.2, 0.25) is 0 Å². The van der Waals surface area contributed by atoms with Crippen molar-refractivity contribution in [3.8, 4) is 0 Å². The minimum Gasteiger partial charge on any atom is -0.371 e. The molecular formula is C23H33ClN6O. The van der Waals surface area contributed by atoms with Gasteiger partial charge in [0.1, 0.15) is 6.26 Å². The van der Waals surface area contributed by atoms with Crippen LogP contribution in [-0.2, 0) is 6.54 Å². The van der Waals surface area contributed by atoms with E-state index in [9.17, 15) is 0 Å². The first-order valence-corrected chi connectivity index (χ1v) is 11.7. The van der Waals surface area contributed by atoms with Gasteiger partial charge in [0.15, 0.2) is 5.96 Å². The minimum absolute atomic E-state index is 0.570. The highest BCUT2D eigenvalue weighted by molar-refractivity contribution is 6.30. The van der Waals surface area contributed by atoms with Crippen LogP contribution < -0.4 is 10.2 Å². The number of nitrogens with zero attached hydrogens (tertiary/aromatic N) is 5. The van der Waals surface area contributed by atoms with Crippen LogP contribution in [0.1, 0.15) is 24.6 Å². The zero-order valence-electron chi connectivity index (χ0n) is 18.6. The first-order chi connectivity index (χ1) is 15.1. The van der Waals surface area contributed by atoms with Crippen LogP contribution in [0.25, 0.3) is 0 Å². The van der Waals surface area contributed by atoms with Gasteiger partial charge >= 0.3 is 0 Å². The second-order valence-corrected chi connectivity index (χ2v) is 8.92. The van der Waals surface area contributed by atoms with Crippen LogP contribution in [0.15, 0.2) is 40.0 Å². The zero-order valence-corrected chi connectivity index (χ0v) is 19.3. The summed E-state index contributed by atoms with van der Waals surface area (Å²) in [5, 5.41) is 8.33. The van der Waals surface area contributed by atoms with E-state index in [0.29, 0.717) is 5.92 Å². The topological polar surface area (TPSA) is 60.1 Å². The molecule has 7 nitrogen and oxygen atoms in total. The van der Waals surface area contributed by atoms with E-state index in [0.717, 1.165) is 75.6 Å². The number of rotatable bonds is 6. The molecule has 0 spiro atoms. The molecule has 2 saturated heterocycles. The number of hydrogen-bond acceptors (Lipinski definition) is 5. The number of piperazine rings is 1. The lowest BCUT2D eigenvalue weighted by Gasteiger charge is -2.36. The van der Waals surface area contributed by atoms with Gasteiger partial charge in [-0.1, -0.05) is 22.8 Å². The highest BCUT2D eigenvalue weighted by Gasteiger charge is 2.25. The number of benzene rings is 1. The van der Waals surface area contributed by atoms with E-state index in [4.69, 9.17) is 21.1 Å². The number of nitrogens with one attached hydrogen (secondary N) is 1. The molecule has 8 heteroatoms. The maximum atomic E-state index is 6.23. The fourth-order valence-corrected chi connectivity index (χ4v) is 4.60. The summed E-state index contributed by atoms with van der Waals surface area (Å²) in [6.07, 6.45) is 2.81. The Hall–Kier alpha value is -2.25. The molecule has 0 aliphatic carbocycles. The van der Waals surface area contributed by atoms with Crippen molar-refractivity contribution < 1.29 is 4.52 Å². The van der Waals surface area contributed by atoms with E-state index in [1.165, 1.54) is 17.7 Å². The SMILES string of the molecule is CCNC(=NCC1CCN(c2cc(Cl)ccc2C)C1)N1CCN(Cc2ccon2)CC1. The molecule has 2 aliphatic heterocycles. The lowest BCUT2D eigenvalue weighted by molar-refractivity contribution is 0.169. The van der Waals surface area contributed by atoms with Crippen molar-refractivity contribution in [3.63, 3.8) is 0 Å². The van der Waals surface area contributed by atoms with Gasteiger partial charge in [0.05, 0.1) is 5.69 Å². The highest BCUT2D eigenvalue weighted by atomic mass is 35.5. The number of aryl methyl sites for hydroxylation is 1. The van der Waals surface area contributed by atoms with Crippen LogP contribution in [0.4, 0.5) is 5.69 Å². The van der Waals surface area contributed by atoms with Gasteiger partial charge in [-0.25, -0.2) is 0 Å². The van der Waals surface area contributed by atoms with E-state index >= 15 is 0 Å². The average Bonchev–Trinajstić information content (AvgIpc) is 3.46. The van der Waals surface area contributed by atoms with E-state index in [2.05, 4.69) is 51.2 Å². The Balaban J connectivity index is 1.30. The molecule has 1 atom stereocenters. The molecule has 1 unspecified atom stereocenters. The summed E-state index contributed by atoms with van der Waals surface area (Å²) in [6, 6.07) is 8.10. The summed E-state index contributed by atoms with van der Waals surface area (Å²) in [5.74, 6) is 1.61. The maximum Gasteiger partial charge on any atom is 0.194 e. The van der Waals surface area contributed by atoms with Crippen molar-refractivity contribution in [3.05, 3.63) is 46.8 Å². The molecule has 1 aromatic carbocycles. The average molecular weight is 445 g/mol. The van der Waals surface area contributed by atoms with Crippen LogP contribution in [-0.4, -0.2) is 73.3 Å². The summed E-state index contributed by atoms with van der Waals surface area (Å²) >= 11 is 6.23. The smallest absolute Gasteiger partial charge is 0.194 e. The molecule has 4 rings (SSSR count). The van der Waals surface area contributed by atoms with Crippen molar-refractivity contribution in [2.75, 3.05) is 57.3 Å². The minimum atomic E-state index is 0.570. The fraction of sp³-hybridized carbons (Fsp3) is 0.565. The van der Waals surface area contributed by atoms with Crippen molar-refractivity contribution in [1.82, 2.24) is 20.3 Å². The quantitative estimate of drug-likeness (QED) is 0.545. The number of hydrogen-bond donors (Lipinski definition) is 1. The second kappa shape index (κ2) is 10.4. The Bertz CT molecular complexity index is 863. The van der Waals surface area contributed by atoms with Gasteiger partial charge in [0.25, 0.3) is 0 Å². The van der Waals surface area contributed by atoms with Gasteiger partial charge in [-0.15, -0.1) is 0 Å². The number of aromatic nitrogens is 1. The number of guanidine groups is 1. The fourth-order valence-electron chi connectivity index (χ4n) is 4.43. The predicted octanol–water partition coefficient (Wildman–Crippen LogP) is 3.25. The second-order valence-electron chi connectivity index (χ2n) is 8.48. The normalized spacial score (nSPS) is 20.5. The molecule has 2 fully saturated rings. The molecule has 31 heavy (non-hydrogen) atoms. The highest BCUT2D eigenvalue weighted by Crippen LogP contribution is 2.29. The molecular weight excluding hydrogens is 412 g/mol. The number of anilines is 1. The first kappa shape index (κ1) is 22.0. The predicted molar refractivity (Wildman–Crippen MR) is 126 cm³/mol. The van der Waals surface area contributed by atoms with Crippen LogP contribution in [0.5, 0.6) is 0 Å². The Morgan fingerprint density at radius 1 is 1.23 bits per heavy atom. The van der Waals surface area contributed by atoms with Gasteiger partial charge in [-0.05, 0) is 43.9 Å². The Morgan fingerprint density at radius 2 is 2.06 bits per heavy atom. The molecule has 0 radical (unpaired) electrons. The van der Waals surface area contributed by atoms with Crippen molar-refractivity contribution in [2.24, 2.45) is 10.9 Å². The molecule has 0 amide bonds. The third-order valence-corrected chi connectivity index (χ3v) is 6.42. The van der Waals surface area contributed by atoms with Crippen molar-refractivity contribution in [1.29, 1.82) is 0 Å². The molecule has 1 aromatic heterocycles. The molecule has 1 N–H and O–H groups in total. The van der Waals surface area contributed by atoms with E-state index in [1.807, 2.05) is 12.1 Å². The number of aliphatic imine (C=N–C) groups is 1. The summed E-state index contributed by atoms with van der Waals surface area (Å²) in [4.78, 5) is 12.3. The van der Waals surface area contributed by atoms with Gasteiger partial charge in [-0.2, -0.15) is 0 Å². The standard InChI is InChI=1S/C23H33ClN6O/c1-3-25-23(29-11-9-28(10-12-29)17-21-7-13-31-27-21)26-15-19-6-8-30(16-19)22-14-20(24)5-4-18(22)2/h4-5,7,13-14,19H,3,6,8-12,15-17H2,1-2H3,(H,25,26). The molecule has 168 valence electrons. The van der Waals surface area contributed by atoms with Crippen molar-refractivity contribution in [2.45, 2.75) is 26.8 Å². The molecule has 0 saturated carbocycles. The Labute approximate surface area is 190 Å². The Morgan fingerprint density at radius 3 is 2.81 bits per heavy atom. The summed E-state index contributed by atoms with van der Waals surface area (Å²) < 4.78 is 4.95. The monoisotopic (exact) mass is 444 g/mol. The lowest BCUT2D eigenvalue weighted by Crippen LogP contribution is -2.52. The van der Waals surface area contributed by atoms with E-state index < -0.39 is 0 Å². The van der Waals surface area contributed by atoms with Gasteiger partial charge in [0, 0.05) is 75.7 Å². The summed E-state index contributed by atoms with van der Waals surface area (Å²) in [6.45, 7) is 12.9. The third-order valence-electron chi connectivity index (χ3n) is 6.18. The maximum absolute atomic E-state index is 6.23. The number of halogens is 1. The third kappa shape index (κ3) is 5.71. The molecule has 0 bridgehead atoms. The largest absolute Gasteiger partial charge is 0.371 e. The molecule has 2 aliphatic rings.